The molecule has 0 radical (unpaired) electrons. The van der Waals surface area contributed by atoms with Gasteiger partial charge < -0.3 is 0 Å². The molecule has 1 aromatic carbocycles. The van der Waals surface area contributed by atoms with Crippen LogP contribution in [0.5, 0.6) is 0 Å². The van der Waals surface area contributed by atoms with E-state index in [4.69, 9.17) is 11.6 Å². The fourth-order valence-electron chi connectivity index (χ4n) is 1.77. The number of nitrogens with one attached hydrogen (secondary N) is 1. The van der Waals surface area contributed by atoms with Crippen LogP contribution in [0.1, 0.15) is 57.3 Å². The van der Waals surface area contributed by atoms with E-state index in [0.717, 1.165) is 12.8 Å². The third-order valence-electron chi connectivity index (χ3n) is 2.95. The lowest BCUT2D eigenvalue weighted by molar-refractivity contribution is -0.125. The molecule has 0 heterocycles. The van der Waals surface area contributed by atoms with Crippen molar-refractivity contribution in [3.63, 3.8) is 0 Å². The van der Waals surface area contributed by atoms with Crippen LogP contribution in [0.2, 0.25) is 5.02 Å². The fraction of sp³-hybridized carbons (Fsp3) is 0.444. The predicted molar refractivity (Wildman–Crippen MR) is 92.8 cm³/mol. The molecule has 124 valence electrons. The van der Waals surface area contributed by atoms with Gasteiger partial charge in [0.2, 0.25) is 0 Å². The first-order valence-corrected chi connectivity index (χ1v) is 7.99. The van der Waals surface area contributed by atoms with Crippen LogP contribution < -0.4 is 5.43 Å². The van der Waals surface area contributed by atoms with Gasteiger partial charge in [-0.25, -0.2) is 5.01 Å². The van der Waals surface area contributed by atoms with Gasteiger partial charge in [-0.2, -0.15) is 0 Å². The zero-order valence-corrected chi connectivity index (χ0v) is 14.8. The Morgan fingerprint density at radius 1 is 1.17 bits per heavy atom. The maximum absolute atomic E-state index is 12.6. The molecule has 0 atom stereocenters. The third kappa shape index (κ3) is 6.33. The van der Waals surface area contributed by atoms with Crippen molar-refractivity contribution in [1.82, 2.24) is 10.4 Å². The van der Waals surface area contributed by atoms with Crippen molar-refractivity contribution in [1.29, 1.82) is 0 Å². The number of carbonyl (C=O) groups is 2. The zero-order valence-electron chi connectivity index (χ0n) is 14.1. The molecule has 0 aliphatic heterocycles. The number of rotatable bonds is 3. The number of carbonyl (C=O) groups excluding carboxylic acids is 2. The number of unbranched alkanes of at least 4 members (excludes halogenated alkanes) is 1. The van der Waals surface area contributed by atoms with E-state index in [-0.39, 0.29) is 18.2 Å². The molecule has 0 aliphatic carbocycles. The van der Waals surface area contributed by atoms with Gasteiger partial charge in [-0.15, -0.1) is 5.92 Å². The Morgan fingerprint density at radius 3 is 2.30 bits per heavy atom. The van der Waals surface area contributed by atoms with Crippen molar-refractivity contribution in [3.05, 3.63) is 34.9 Å². The predicted octanol–water partition coefficient (Wildman–Crippen LogP) is 3.81. The van der Waals surface area contributed by atoms with E-state index in [9.17, 15) is 9.59 Å². The first-order chi connectivity index (χ1) is 10.8. The van der Waals surface area contributed by atoms with Crippen LogP contribution in [-0.2, 0) is 4.79 Å². The summed E-state index contributed by atoms with van der Waals surface area (Å²) in [6.45, 7) is 7.58. The van der Waals surface area contributed by atoms with Gasteiger partial charge in [0.25, 0.3) is 11.8 Å². The summed E-state index contributed by atoms with van der Waals surface area (Å²) < 4.78 is 0. The topological polar surface area (TPSA) is 49.4 Å². The van der Waals surface area contributed by atoms with Crippen LogP contribution in [0.25, 0.3) is 0 Å². The largest absolute Gasteiger partial charge is 0.272 e. The molecular weight excluding hydrogens is 312 g/mol. The number of benzene rings is 1. The van der Waals surface area contributed by atoms with Crippen LogP contribution in [0, 0.1) is 11.8 Å². The molecule has 23 heavy (non-hydrogen) atoms. The van der Waals surface area contributed by atoms with Crippen molar-refractivity contribution in [3.8, 4) is 11.8 Å². The van der Waals surface area contributed by atoms with Crippen LogP contribution in [-0.4, -0.2) is 22.4 Å². The Hall–Kier alpha value is -1.99. The highest BCUT2D eigenvalue weighted by Crippen LogP contribution is 2.17. The van der Waals surface area contributed by atoms with Gasteiger partial charge in [0.1, 0.15) is 0 Å². The average molecular weight is 335 g/mol. The number of halogens is 1. The Kier molecular flexibility index (Phi) is 7.12. The minimum absolute atomic E-state index is 0.0699. The lowest BCUT2D eigenvalue weighted by atomic mass is 10.1. The molecule has 0 spiro atoms. The van der Waals surface area contributed by atoms with Crippen molar-refractivity contribution >= 4 is 23.4 Å². The molecule has 0 fully saturated rings. The van der Waals surface area contributed by atoms with E-state index in [2.05, 4.69) is 17.3 Å². The van der Waals surface area contributed by atoms with Crippen molar-refractivity contribution in [2.45, 2.75) is 52.5 Å². The molecule has 5 heteroatoms. The summed E-state index contributed by atoms with van der Waals surface area (Å²) in [5, 5.41) is 1.89. The monoisotopic (exact) mass is 334 g/mol. The molecule has 0 saturated heterocycles. The molecule has 0 aromatic heterocycles. The number of hydrazine groups is 1. The van der Waals surface area contributed by atoms with Gasteiger partial charge in [0.05, 0.1) is 12.0 Å². The lowest BCUT2D eigenvalue weighted by Gasteiger charge is -2.35. The number of hydrogen-bond donors (Lipinski definition) is 1. The van der Waals surface area contributed by atoms with E-state index < -0.39 is 5.54 Å². The lowest BCUT2D eigenvalue weighted by Crippen LogP contribution is -2.55. The maximum atomic E-state index is 12.6. The molecular formula is C18H23ClN2O2. The summed E-state index contributed by atoms with van der Waals surface area (Å²) in [7, 11) is 0. The number of nitrogens with zero attached hydrogens (tertiary/aromatic N) is 1. The molecule has 4 nitrogen and oxygen atoms in total. The second-order valence-corrected chi connectivity index (χ2v) is 6.57. The second kappa shape index (κ2) is 8.59. The highest BCUT2D eigenvalue weighted by molar-refractivity contribution is 6.30. The Morgan fingerprint density at radius 2 is 1.78 bits per heavy atom. The molecule has 0 saturated carbocycles. The SMILES string of the molecule is CCCC#CCC(=O)NN(C(=O)c1ccc(Cl)cc1)C(C)(C)C. The van der Waals surface area contributed by atoms with Gasteiger partial charge in [-0.05, 0) is 51.5 Å². The minimum atomic E-state index is -0.566. The first-order valence-electron chi connectivity index (χ1n) is 7.61. The van der Waals surface area contributed by atoms with Crippen LogP contribution in [0.4, 0.5) is 0 Å². The average Bonchev–Trinajstić information content (AvgIpc) is 2.48. The third-order valence-corrected chi connectivity index (χ3v) is 3.20. The van der Waals surface area contributed by atoms with Crippen molar-refractivity contribution in [2.75, 3.05) is 0 Å². The van der Waals surface area contributed by atoms with E-state index in [1.165, 1.54) is 5.01 Å². The fourth-order valence-corrected chi connectivity index (χ4v) is 1.89. The highest BCUT2D eigenvalue weighted by Gasteiger charge is 2.29. The van der Waals surface area contributed by atoms with Crippen molar-refractivity contribution < 1.29 is 9.59 Å². The van der Waals surface area contributed by atoms with Gasteiger partial charge in [0, 0.05) is 17.0 Å². The standard InChI is InChI=1S/C18H23ClN2O2/c1-5-6-7-8-9-16(22)20-21(18(2,3)4)17(23)14-10-12-15(19)13-11-14/h10-13H,5-6,9H2,1-4H3,(H,20,22). The molecule has 1 rings (SSSR count). The maximum Gasteiger partial charge on any atom is 0.272 e. The van der Waals surface area contributed by atoms with Gasteiger partial charge in [-0.3, -0.25) is 15.0 Å². The number of amides is 2. The zero-order chi connectivity index (χ0) is 17.5. The molecule has 1 N–H and O–H groups in total. The summed E-state index contributed by atoms with van der Waals surface area (Å²) in [4.78, 5) is 24.7. The molecule has 0 aliphatic rings. The molecule has 0 bridgehead atoms. The van der Waals surface area contributed by atoms with Crippen LogP contribution in [0.15, 0.2) is 24.3 Å². The second-order valence-electron chi connectivity index (χ2n) is 6.13. The molecule has 2 amide bonds. The van der Waals surface area contributed by atoms with E-state index in [1.807, 2.05) is 27.7 Å². The van der Waals surface area contributed by atoms with Gasteiger partial charge in [0.15, 0.2) is 0 Å². The summed E-state index contributed by atoms with van der Waals surface area (Å²) in [5.74, 6) is 5.14. The smallest absolute Gasteiger partial charge is 0.272 e. The van der Waals surface area contributed by atoms with Gasteiger partial charge >= 0.3 is 0 Å². The highest BCUT2D eigenvalue weighted by atomic mass is 35.5. The Bertz CT molecular complexity index is 607. The molecule has 1 aromatic rings. The quantitative estimate of drug-likeness (QED) is 0.675. The summed E-state index contributed by atoms with van der Waals surface area (Å²) in [5.41, 5.74) is 2.55. The first kappa shape index (κ1) is 19.1. The minimum Gasteiger partial charge on any atom is -0.272 e. The van der Waals surface area contributed by atoms with E-state index in [0.29, 0.717) is 10.6 Å². The Balaban J connectivity index is 2.85. The summed E-state index contributed by atoms with van der Waals surface area (Å²) in [6, 6.07) is 6.56. The normalized spacial score (nSPS) is 10.5. The number of hydrogen-bond acceptors (Lipinski definition) is 2. The summed E-state index contributed by atoms with van der Waals surface area (Å²) >= 11 is 5.84. The summed E-state index contributed by atoms with van der Waals surface area (Å²) in [6.07, 6.45) is 1.79. The van der Waals surface area contributed by atoms with Crippen molar-refractivity contribution in [2.24, 2.45) is 0 Å². The Labute approximate surface area is 143 Å². The van der Waals surface area contributed by atoms with Crippen LogP contribution >= 0.6 is 11.6 Å². The van der Waals surface area contributed by atoms with Gasteiger partial charge in [-0.1, -0.05) is 24.4 Å². The van der Waals surface area contributed by atoms with E-state index >= 15 is 0 Å². The molecule has 0 unspecified atom stereocenters. The van der Waals surface area contributed by atoms with E-state index in [1.54, 1.807) is 24.3 Å². The van der Waals surface area contributed by atoms with Crippen LogP contribution in [0.3, 0.4) is 0 Å².